The highest BCUT2D eigenvalue weighted by Crippen LogP contribution is 2.30. The molecule has 0 radical (unpaired) electrons. The molecule has 8 heteroatoms. The minimum atomic E-state index is -0.820. The van der Waals surface area contributed by atoms with E-state index in [4.69, 9.17) is 9.26 Å². The number of carbonyl (C=O) groups is 2. The van der Waals surface area contributed by atoms with Gasteiger partial charge >= 0.3 is 5.97 Å². The third-order valence-electron chi connectivity index (χ3n) is 5.20. The molecule has 1 N–H and O–H groups in total. The first-order valence-electron chi connectivity index (χ1n) is 9.16. The maximum atomic E-state index is 12.9. The van der Waals surface area contributed by atoms with Crippen LogP contribution in [0, 0.1) is 13.8 Å². The SMILES string of the molecule is COC(=O)c1c(CNC(=O)C(C)(C)c2c(C)noc2C)nn2c1CCCC2. The molecule has 3 rings (SSSR count). The smallest absolute Gasteiger partial charge is 0.341 e. The summed E-state index contributed by atoms with van der Waals surface area (Å²) in [6.07, 6.45) is 2.83. The number of nitrogens with one attached hydrogen (secondary N) is 1. The lowest BCUT2D eigenvalue weighted by Crippen LogP contribution is -2.40. The van der Waals surface area contributed by atoms with Gasteiger partial charge < -0.3 is 14.6 Å². The van der Waals surface area contributed by atoms with Crippen LogP contribution in [0.25, 0.3) is 0 Å². The summed E-state index contributed by atoms with van der Waals surface area (Å²) in [6.45, 7) is 8.21. The Hall–Kier alpha value is -2.64. The Bertz CT molecular complexity index is 859. The van der Waals surface area contributed by atoms with Gasteiger partial charge in [0.25, 0.3) is 0 Å². The monoisotopic (exact) mass is 374 g/mol. The summed E-state index contributed by atoms with van der Waals surface area (Å²) in [6, 6.07) is 0. The topological polar surface area (TPSA) is 99.2 Å². The Labute approximate surface area is 158 Å². The van der Waals surface area contributed by atoms with Crippen molar-refractivity contribution in [2.45, 2.75) is 65.5 Å². The van der Waals surface area contributed by atoms with Gasteiger partial charge in [-0.2, -0.15) is 5.10 Å². The van der Waals surface area contributed by atoms with E-state index in [1.165, 1.54) is 7.11 Å². The summed E-state index contributed by atoms with van der Waals surface area (Å²) in [4.78, 5) is 25.2. The highest BCUT2D eigenvalue weighted by atomic mass is 16.5. The number of rotatable bonds is 5. The van der Waals surface area contributed by atoms with Gasteiger partial charge in [-0.15, -0.1) is 0 Å². The molecule has 1 aliphatic rings. The fourth-order valence-electron chi connectivity index (χ4n) is 3.88. The van der Waals surface area contributed by atoms with Crippen LogP contribution >= 0.6 is 0 Å². The number of hydrogen-bond donors (Lipinski definition) is 1. The van der Waals surface area contributed by atoms with Crippen LogP contribution in [0.15, 0.2) is 4.52 Å². The maximum Gasteiger partial charge on any atom is 0.341 e. The maximum absolute atomic E-state index is 12.9. The third-order valence-corrected chi connectivity index (χ3v) is 5.20. The minimum Gasteiger partial charge on any atom is -0.465 e. The molecule has 27 heavy (non-hydrogen) atoms. The van der Waals surface area contributed by atoms with Crippen LogP contribution in [0.4, 0.5) is 0 Å². The van der Waals surface area contributed by atoms with Crippen molar-refractivity contribution < 1.29 is 18.8 Å². The van der Waals surface area contributed by atoms with Gasteiger partial charge in [0.15, 0.2) is 0 Å². The molecular weight excluding hydrogens is 348 g/mol. The van der Waals surface area contributed by atoms with Gasteiger partial charge in [-0.1, -0.05) is 5.16 Å². The lowest BCUT2D eigenvalue weighted by molar-refractivity contribution is -0.125. The molecule has 0 unspecified atom stereocenters. The number of methoxy groups -OCH3 is 1. The molecule has 0 aromatic carbocycles. The van der Waals surface area contributed by atoms with E-state index in [2.05, 4.69) is 15.6 Å². The molecule has 8 nitrogen and oxygen atoms in total. The molecule has 0 saturated heterocycles. The number of carbonyl (C=O) groups excluding carboxylic acids is 2. The van der Waals surface area contributed by atoms with Crippen LogP contribution in [-0.2, 0) is 34.5 Å². The predicted molar refractivity (Wildman–Crippen MR) is 97.4 cm³/mol. The summed E-state index contributed by atoms with van der Waals surface area (Å²) < 4.78 is 12.0. The zero-order chi connectivity index (χ0) is 19.8. The Balaban J connectivity index is 1.83. The average molecular weight is 374 g/mol. The van der Waals surface area contributed by atoms with Crippen LogP contribution in [0.1, 0.15) is 65.5 Å². The zero-order valence-corrected chi connectivity index (χ0v) is 16.5. The largest absolute Gasteiger partial charge is 0.465 e. The second-order valence-corrected chi connectivity index (χ2v) is 7.45. The van der Waals surface area contributed by atoms with Crippen molar-refractivity contribution >= 4 is 11.9 Å². The van der Waals surface area contributed by atoms with Crippen molar-refractivity contribution in [2.24, 2.45) is 0 Å². The molecule has 146 valence electrons. The van der Waals surface area contributed by atoms with Crippen molar-refractivity contribution in [2.75, 3.05) is 7.11 Å². The second kappa shape index (κ2) is 7.17. The van der Waals surface area contributed by atoms with E-state index >= 15 is 0 Å². The zero-order valence-electron chi connectivity index (χ0n) is 16.5. The Morgan fingerprint density at radius 3 is 2.67 bits per heavy atom. The number of fused-ring (bicyclic) bond motifs is 1. The van der Waals surface area contributed by atoms with Crippen LogP contribution in [-0.4, -0.2) is 33.9 Å². The van der Waals surface area contributed by atoms with Crippen LogP contribution < -0.4 is 5.32 Å². The van der Waals surface area contributed by atoms with E-state index in [1.54, 1.807) is 6.92 Å². The second-order valence-electron chi connectivity index (χ2n) is 7.45. The highest BCUT2D eigenvalue weighted by molar-refractivity contribution is 5.92. The van der Waals surface area contributed by atoms with E-state index in [1.807, 2.05) is 25.5 Å². The van der Waals surface area contributed by atoms with E-state index in [9.17, 15) is 9.59 Å². The van der Waals surface area contributed by atoms with Crippen LogP contribution in [0.3, 0.4) is 0 Å². The summed E-state index contributed by atoms with van der Waals surface area (Å²) in [5.74, 6) is 0.0337. The van der Waals surface area contributed by atoms with Crippen molar-refractivity contribution in [1.82, 2.24) is 20.3 Å². The molecule has 0 bridgehead atoms. The molecular formula is C19H26N4O4. The molecule has 0 spiro atoms. The summed E-state index contributed by atoms with van der Waals surface area (Å²) in [5, 5.41) is 11.4. The molecule has 0 saturated carbocycles. The average Bonchev–Trinajstić information content (AvgIpc) is 3.18. The molecule has 2 aromatic heterocycles. The fraction of sp³-hybridized carbons (Fsp3) is 0.579. The molecule has 0 aliphatic carbocycles. The molecule has 2 aromatic rings. The molecule has 1 amide bonds. The van der Waals surface area contributed by atoms with Gasteiger partial charge in [0, 0.05) is 12.1 Å². The molecule has 1 aliphatic heterocycles. The van der Waals surface area contributed by atoms with Crippen molar-refractivity contribution in [3.05, 3.63) is 34.0 Å². The van der Waals surface area contributed by atoms with E-state index in [0.29, 0.717) is 22.7 Å². The van der Waals surface area contributed by atoms with Gasteiger partial charge in [0.2, 0.25) is 5.91 Å². The molecule has 0 atom stereocenters. The summed E-state index contributed by atoms with van der Waals surface area (Å²) >= 11 is 0. The fourth-order valence-corrected chi connectivity index (χ4v) is 3.88. The molecule has 3 heterocycles. The lowest BCUT2D eigenvalue weighted by Gasteiger charge is -2.23. The summed E-state index contributed by atoms with van der Waals surface area (Å²) in [7, 11) is 1.36. The third kappa shape index (κ3) is 3.36. The van der Waals surface area contributed by atoms with Crippen molar-refractivity contribution in [3.8, 4) is 0 Å². The first kappa shape index (κ1) is 19.1. The normalized spacial score (nSPS) is 14.0. The number of amides is 1. The van der Waals surface area contributed by atoms with Gasteiger partial charge in [-0.05, 0) is 47.0 Å². The number of nitrogens with zero attached hydrogens (tertiary/aromatic N) is 3. The standard InChI is InChI=1S/C19H26N4O4/c1-11-16(12(2)27-22-11)19(3,4)18(25)20-10-13-15(17(24)26-5)14-8-6-7-9-23(14)21-13/h6-10H2,1-5H3,(H,20,25). The van der Waals surface area contributed by atoms with Crippen molar-refractivity contribution in [1.29, 1.82) is 0 Å². The van der Waals surface area contributed by atoms with Gasteiger partial charge in [-0.3, -0.25) is 9.48 Å². The lowest BCUT2D eigenvalue weighted by atomic mass is 9.82. The quantitative estimate of drug-likeness (QED) is 0.806. The van der Waals surface area contributed by atoms with Crippen molar-refractivity contribution in [3.63, 3.8) is 0 Å². The number of ether oxygens (including phenoxy) is 1. The van der Waals surface area contributed by atoms with Crippen LogP contribution in [0.2, 0.25) is 0 Å². The summed E-state index contributed by atoms with van der Waals surface area (Å²) in [5.41, 5.74) is 2.56. The Morgan fingerprint density at radius 1 is 1.30 bits per heavy atom. The minimum absolute atomic E-state index is 0.163. The highest BCUT2D eigenvalue weighted by Gasteiger charge is 2.36. The Morgan fingerprint density at radius 2 is 2.04 bits per heavy atom. The van der Waals surface area contributed by atoms with E-state index in [-0.39, 0.29) is 12.5 Å². The predicted octanol–water partition coefficient (Wildman–Crippen LogP) is 2.20. The van der Waals surface area contributed by atoms with E-state index < -0.39 is 11.4 Å². The first-order chi connectivity index (χ1) is 12.8. The number of hydrogen-bond acceptors (Lipinski definition) is 6. The van der Waals surface area contributed by atoms with Gasteiger partial charge in [0.1, 0.15) is 11.3 Å². The van der Waals surface area contributed by atoms with Crippen LogP contribution in [0.5, 0.6) is 0 Å². The van der Waals surface area contributed by atoms with Gasteiger partial charge in [-0.25, -0.2) is 4.79 Å². The first-order valence-corrected chi connectivity index (χ1v) is 9.16. The van der Waals surface area contributed by atoms with Gasteiger partial charge in [0.05, 0.1) is 36.2 Å². The number of aryl methyl sites for hydroxylation is 3. The van der Waals surface area contributed by atoms with E-state index in [0.717, 1.165) is 37.1 Å². The number of esters is 1. The Kier molecular flexibility index (Phi) is 5.08. The molecule has 0 fully saturated rings. The number of aromatic nitrogens is 3.